The zero-order valence-corrected chi connectivity index (χ0v) is 13.2. The average molecular weight is 333 g/mol. The third-order valence-electron chi connectivity index (χ3n) is 3.06. The van der Waals surface area contributed by atoms with Gasteiger partial charge in [-0.1, -0.05) is 0 Å². The number of aromatic nitrogens is 2. The molecule has 5 heteroatoms. The maximum absolute atomic E-state index is 8.82. The summed E-state index contributed by atoms with van der Waals surface area (Å²) in [6.45, 7) is 5.85. The topological polar surface area (TPSA) is 53.6 Å². The van der Waals surface area contributed by atoms with Crippen molar-refractivity contribution in [2.75, 3.05) is 11.9 Å². The molecule has 0 aliphatic rings. The Morgan fingerprint density at radius 2 is 2.15 bits per heavy atom. The van der Waals surface area contributed by atoms with Crippen molar-refractivity contribution in [3.8, 4) is 6.07 Å². The summed E-state index contributed by atoms with van der Waals surface area (Å²) in [6.07, 6.45) is 0.994. The normalized spacial score (nSPS) is 10.3. The van der Waals surface area contributed by atoms with Crippen molar-refractivity contribution in [3.05, 3.63) is 45.7 Å². The number of nitrogens with one attached hydrogen (secondary N) is 1. The molecule has 0 unspecified atom stereocenters. The number of hydrogen-bond acceptors (Lipinski definition) is 3. The molecule has 0 spiro atoms. The van der Waals surface area contributed by atoms with E-state index in [-0.39, 0.29) is 0 Å². The number of nitrogens with zero attached hydrogens (tertiary/aromatic N) is 3. The lowest BCUT2D eigenvalue weighted by Crippen LogP contribution is -2.09. The average Bonchev–Trinajstić information content (AvgIpc) is 2.74. The lowest BCUT2D eigenvalue weighted by Gasteiger charge is -2.09. The lowest BCUT2D eigenvalue weighted by atomic mass is 10.2. The van der Waals surface area contributed by atoms with Gasteiger partial charge in [-0.25, -0.2) is 0 Å². The van der Waals surface area contributed by atoms with Crippen molar-refractivity contribution in [1.29, 1.82) is 5.26 Å². The van der Waals surface area contributed by atoms with Gasteiger partial charge in [-0.2, -0.15) is 10.4 Å². The fraction of sp³-hybridized carbons (Fsp3) is 0.333. The maximum atomic E-state index is 8.82. The van der Waals surface area contributed by atoms with Crippen LogP contribution in [0.15, 0.2) is 28.7 Å². The zero-order valence-electron chi connectivity index (χ0n) is 11.7. The second-order valence-corrected chi connectivity index (χ2v) is 5.59. The van der Waals surface area contributed by atoms with Crippen molar-refractivity contribution < 1.29 is 0 Å². The molecule has 0 amide bonds. The van der Waals surface area contributed by atoms with Gasteiger partial charge in [0.25, 0.3) is 0 Å². The smallest absolute Gasteiger partial charge is 0.0992 e. The van der Waals surface area contributed by atoms with Crippen molar-refractivity contribution in [3.63, 3.8) is 0 Å². The van der Waals surface area contributed by atoms with Crippen LogP contribution in [0.3, 0.4) is 0 Å². The Labute approximate surface area is 127 Å². The molecule has 0 bridgehead atoms. The van der Waals surface area contributed by atoms with Gasteiger partial charge in [0.05, 0.1) is 17.3 Å². The highest BCUT2D eigenvalue weighted by atomic mass is 79.9. The van der Waals surface area contributed by atoms with Crippen LogP contribution in [0.1, 0.15) is 23.4 Å². The van der Waals surface area contributed by atoms with Crippen molar-refractivity contribution in [1.82, 2.24) is 9.78 Å². The van der Waals surface area contributed by atoms with Gasteiger partial charge in [0.15, 0.2) is 0 Å². The van der Waals surface area contributed by atoms with Crippen LogP contribution in [0.2, 0.25) is 0 Å². The van der Waals surface area contributed by atoms with E-state index in [1.54, 1.807) is 0 Å². The van der Waals surface area contributed by atoms with Crippen LogP contribution in [0.25, 0.3) is 0 Å². The van der Waals surface area contributed by atoms with Gasteiger partial charge in [0, 0.05) is 28.9 Å². The van der Waals surface area contributed by atoms with Crippen LogP contribution in [0.5, 0.6) is 0 Å². The third kappa shape index (κ3) is 3.61. The Hall–Kier alpha value is -1.80. The number of aryl methyl sites for hydroxylation is 3. The highest BCUT2D eigenvalue weighted by molar-refractivity contribution is 9.10. The molecule has 0 fully saturated rings. The van der Waals surface area contributed by atoms with Crippen LogP contribution in [0, 0.1) is 25.2 Å². The van der Waals surface area contributed by atoms with Crippen LogP contribution in [-0.2, 0) is 6.54 Å². The Morgan fingerprint density at radius 1 is 1.35 bits per heavy atom. The summed E-state index contributed by atoms with van der Waals surface area (Å²) in [6, 6.07) is 9.77. The number of benzene rings is 1. The summed E-state index contributed by atoms with van der Waals surface area (Å²) in [5.41, 5.74) is 3.93. The molecule has 0 saturated carbocycles. The van der Waals surface area contributed by atoms with E-state index in [0.29, 0.717) is 5.56 Å². The molecule has 0 atom stereocenters. The fourth-order valence-electron chi connectivity index (χ4n) is 2.08. The van der Waals surface area contributed by atoms with Crippen LogP contribution >= 0.6 is 15.9 Å². The monoisotopic (exact) mass is 332 g/mol. The van der Waals surface area contributed by atoms with Gasteiger partial charge >= 0.3 is 0 Å². The summed E-state index contributed by atoms with van der Waals surface area (Å²) in [4.78, 5) is 0. The van der Waals surface area contributed by atoms with Crippen LogP contribution in [-0.4, -0.2) is 16.3 Å². The first-order valence-corrected chi connectivity index (χ1v) is 7.34. The molecule has 0 aliphatic carbocycles. The maximum Gasteiger partial charge on any atom is 0.0992 e. The number of rotatable bonds is 5. The van der Waals surface area contributed by atoms with Gasteiger partial charge in [-0.15, -0.1) is 0 Å². The molecule has 1 aromatic heterocycles. The first-order chi connectivity index (χ1) is 9.60. The first-order valence-electron chi connectivity index (χ1n) is 6.54. The largest absolute Gasteiger partial charge is 0.384 e. The minimum atomic E-state index is 0.657. The predicted molar refractivity (Wildman–Crippen MR) is 83.7 cm³/mol. The molecular weight excluding hydrogens is 316 g/mol. The number of hydrogen-bond donors (Lipinski definition) is 1. The second-order valence-electron chi connectivity index (χ2n) is 4.74. The van der Waals surface area contributed by atoms with Gasteiger partial charge in [-0.05, 0) is 60.5 Å². The molecule has 1 aromatic carbocycles. The van der Waals surface area contributed by atoms with Crippen LogP contribution < -0.4 is 5.32 Å². The van der Waals surface area contributed by atoms with Crippen molar-refractivity contribution in [2.45, 2.75) is 26.8 Å². The molecule has 2 rings (SSSR count). The van der Waals surface area contributed by atoms with Crippen molar-refractivity contribution in [2.24, 2.45) is 0 Å². The molecule has 1 heterocycles. The Bertz CT molecular complexity index is 640. The van der Waals surface area contributed by atoms with Gasteiger partial charge < -0.3 is 5.32 Å². The second kappa shape index (κ2) is 6.58. The van der Waals surface area contributed by atoms with E-state index in [2.05, 4.69) is 45.4 Å². The summed E-state index contributed by atoms with van der Waals surface area (Å²) in [5.74, 6) is 0. The number of nitriles is 1. The quantitative estimate of drug-likeness (QED) is 0.850. The van der Waals surface area contributed by atoms with Gasteiger partial charge in [0.2, 0.25) is 0 Å². The Kier molecular flexibility index (Phi) is 4.80. The summed E-state index contributed by atoms with van der Waals surface area (Å²) in [7, 11) is 0. The van der Waals surface area contributed by atoms with E-state index in [4.69, 9.17) is 5.26 Å². The summed E-state index contributed by atoms with van der Waals surface area (Å²) in [5, 5.41) is 16.6. The predicted octanol–water partition coefficient (Wildman–Crippen LogP) is 3.64. The highest BCUT2D eigenvalue weighted by Gasteiger charge is 2.02. The van der Waals surface area contributed by atoms with Gasteiger partial charge in [-0.3, -0.25) is 4.68 Å². The summed E-state index contributed by atoms with van der Waals surface area (Å²) >= 11 is 3.47. The van der Waals surface area contributed by atoms with E-state index >= 15 is 0 Å². The van der Waals surface area contributed by atoms with E-state index < -0.39 is 0 Å². The molecule has 1 N–H and O–H groups in total. The van der Waals surface area contributed by atoms with E-state index in [1.807, 2.05) is 29.8 Å². The molecule has 20 heavy (non-hydrogen) atoms. The molecule has 0 saturated heterocycles. The van der Waals surface area contributed by atoms with E-state index in [9.17, 15) is 0 Å². The summed E-state index contributed by atoms with van der Waals surface area (Å²) < 4.78 is 2.95. The minimum absolute atomic E-state index is 0.657. The SMILES string of the molecule is Cc1cc(C)n(CCCNc2ccc(C#N)cc2Br)n1. The Morgan fingerprint density at radius 3 is 2.75 bits per heavy atom. The third-order valence-corrected chi connectivity index (χ3v) is 3.72. The number of anilines is 1. The molecule has 0 aliphatic heterocycles. The highest BCUT2D eigenvalue weighted by Crippen LogP contribution is 2.23. The van der Waals surface area contributed by atoms with Gasteiger partial charge in [0.1, 0.15) is 0 Å². The standard InChI is InChI=1S/C15H17BrN4/c1-11-8-12(2)20(19-11)7-3-6-18-15-5-4-13(10-17)9-14(15)16/h4-5,8-9,18H,3,6-7H2,1-2H3. The lowest BCUT2D eigenvalue weighted by molar-refractivity contribution is 0.573. The van der Waals surface area contributed by atoms with E-state index in [0.717, 1.165) is 35.4 Å². The van der Waals surface area contributed by atoms with Crippen molar-refractivity contribution >= 4 is 21.6 Å². The minimum Gasteiger partial charge on any atom is -0.384 e. The molecule has 4 nitrogen and oxygen atoms in total. The zero-order chi connectivity index (χ0) is 14.5. The molecule has 2 aromatic rings. The fourth-order valence-corrected chi connectivity index (χ4v) is 2.60. The molecule has 104 valence electrons. The molecule has 0 radical (unpaired) electrons. The van der Waals surface area contributed by atoms with E-state index in [1.165, 1.54) is 5.69 Å². The van der Waals surface area contributed by atoms with Crippen LogP contribution in [0.4, 0.5) is 5.69 Å². The first kappa shape index (κ1) is 14.6. The number of halogens is 1. The molecular formula is C15H17BrN4. The Balaban J connectivity index is 1.85.